The molecule has 0 fully saturated rings. The second-order valence-corrected chi connectivity index (χ2v) is 8.97. The fourth-order valence-electron chi connectivity index (χ4n) is 4.43. The molecule has 0 saturated carbocycles. The van der Waals surface area contributed by atoms with Crippen molar-refractivity contribution < 1.29 is 8.98 Å². The molecule has 0 unspecified atom stereocenters. The number of pyridine rings is 1. The first-order chi connectivity index (χ1) is 14.1. The third kappa shape index (κ3) is 2.37. The van der Waals surface area contributed by atoms with E-state index in [1.807, 2.05) is 11.3 Å². The Bertz CT molecular complexity index is 1590. The van der Waals surface area contributed by atoms with Gasteiger partial charge in [0.25, 0.3) is 0 Å². The summed E-state index contributed by atoms with van der Waals surface area (Å²) in [5.41, 5.74) is 6.73. The third-order valence-electron chi connectivity index (χ3n) is 5.89. The molecule has 140 valence electrons. The summed E-state index contributed by atoms with van der Waals surface area (Å²) in [6, 6.07) is 21.8. The van der Waals surface area contributed by atoms with Gasteiger partial charge in [0.05, 0.1) is 10.9 Å². The van der Waals surface area contributed by atoms with E-state index in [-0.39, 0.29) is 0 Å². The first-order valence-corrected chi connectivity index (χ1v) is 10.7. The normalized spacial score (nSPS) is 12.0. The molecule has 3 aromatic heterocycles. The van der Waals surface area contributed by atoms with Crippen LogP contribution in [0.15, 0.2) is 71.3 Å². The van der Waals surface area contributed by atoms with Gasteiger partial charge in [-0.05, 0) is 37.1 Å². The van der Waals surface area contributed by atoms with Gasteiger partial charge >= 0.3 is 0 Å². The van der Waals surface area contributed by atoms with Crippen molar-refractivity contribution >= 4 is 53.4 Å². The van der Waals surface area contributed by atoms with E-state index in [9.17, 15) is 0 Å². The van der Waals surface area contributed by atoms with Crippen LogP contribution in [0.3, 0.4) is 0 Å². The Labute approximate surface area is 172 Å². The topological polar surface area (TPSA) is 17.0 Å². The van der Waals surface area contributed by atoms with Crippen molar-refractivity contribution in [2.45, 2.75) is 13.8 Å². The molecule has 0 spiro atoms. The highest BCUT2D eigenvalue weighted by Crippen LogP contribution is 2.39. The summed E-state index contributed by atoms with van der Waals surface area (Å²) in [7, 11) is 2.13. The number of hydrogen-bond acceptors (Lipinski definition) is 2. The Morgan fingerprint density at radius 1 is 0.793 bits per heavy atom. The predicted octanol–water partition coefficient (Wildman–Crippen LogP) is 7.06. The smallest absolute Gasteiger partial charge is 0.217 e. The second-order valence-electron chi connectivity index (χ2n) is 7.88. The standard InChI is InChI=1S/C26H20NOS/c1-15-8-10-17-19-11-9-16(2)25(26(19)28-22(17)12-15)21-13-24-20(14-27(21)3)18-6-4-5-7-23(18)29-24/h4-14H,1-3H3/q+1. The lowest BCUT2D eigenvalue weighted by atomic mass is 10.00. The number of nitrogens with zero attached hydrogens (tertiary/aromatic N) is 1. The van der Waals surface area contributed by atoms with Crippen molar-refractivity contribution in [3.05, 3.63) is 78.0 Å². The molecule has 3 heteroatoms. The number of hydrogen-bond donors (Lipinski definition) is 0. The summed E-state index contributed by atoms with van der Waals surface area (Å²) in [5, 5.41) is 4.99. The Morgan fingerprint density at radius 2 is 1.62 bits per heavy atom. The minimum Gasteiger partial charge on any atom is -0.455 e. The first kappa shape index (κ1) is 16.8. The fourth-order valence-corrected chi connectivity index (χ4v) is 5.54. The zero-order valence-electron chi connectivity index (χ0n) is 16.6. The molecular weight excluding hydrogens is 374 g/mol. The van der Waals surface area contributed by atoms with Crippen molar-refractivity contribution in [2.24, 2.45) is 7.05 Å². The quantitative estimate of drug-likeness (QED) is 0.273. The number of thiophene rings is 1. The number of furan rings is 1. The Balaban J connectivity index is 1.71. The zero-order chi connectivity index (χ0) is 19.7. The van der Waals surface area contributed by atoms with Crippen molar-refractivity contribution in [3.63, 3.8) is 0 Å². The molecule has 0 atom stereocenters. The molecule has 3 heterocycles. The molecule has 3 aromatic carbocycles. The highest BCUT2D eigenvalue weighted by molar-refractivity contribution is 7.25. The largest absolute Gasteiger partial charge is 0.455 e. The van der Waals surface area contributed by atoms with Crippen molar-refractivity contribution in [3.8, 4) is 11.3 Å². The van der Waals surface area contributed by atoms with Gasteiger partial charge in [0.2, 0.25) is 5.69 Å². The maximum atomic E-state index is 6.42. The van der Waals surface area contributed by atoms with Crippen molar-refractivity contribution in [2.75, 3.05) is 0 Å². The molecule has 0 amide bonds. The fraction of sp³-hybridized carbons (Fsp3) is 0.115. The minimum absolute atomic E-state index is 0.956. The van der Waals surface area contributed by atoms with Crippen molar-refractivity contribution in [1.29, 1.82) is 0 Å². The van der Waals surface area contributed by atoms with Crippen LogP contribution >= 0.6 is 11.3 Å². The van der Waals surface area contributed by atoms with Crippen LogP contribution in [0.2, 0.25) is 0 Å². The van der Waals surface area contributed by atoms with Crippen LogP contribution in [0.1, 0.15) is 11.1 Å². The van der Waals surface area contributed by atoms with E-state index in [4.69, 9.17) is 4.42 Å². The lowest BCUT2D eigenvalue weighted by molar-refractivity contribution is -0.659. The molecule has 0 bridgehead atoms. The first-order valence-electron chi connectivity index (χ1n) is 9.84. The van der Waals surface area contributed by atoms with E-state index >= 15 is 0 Å². The van der Waals surface area contributed by atoms with Crippen LogP contribution < -0.4 is 4.57 Å². The number of benzene rings is 3. The predicted molar refractivity (Wildman–Crippen MR) is 123 cm³/mol. The number of aryl methyl sites for hydroxylation is 3. The summed E-state index contributed by atoms with van der Waals surface area (Å²) >= 11 is 1.85. The highest BCUT2D eigenvalue weighted by atomic mass is 32.1. The molecular formula is C26H20NOS+. The zero-order valence-corrected chi connectivity index (χ0v) is 17.4. The average molecular weight is 395 g/mol. The van der Waals surface area contributed by atoms with E-state index in [0.29, 0.717) is 0 Å². The Hall–Kier alpha value is -3.17. The summed E-state index contributed by atoms with van der Waals surface area (Å²) < 4.78 is 11.3. The summed E-state index contributed by atoms with van der Waals surface area (Å²) in [5.74, 6) is 0. The van der Waals surface area contributed by atoms with E-state index in [0.717, 1.165) is 11.2 Å². The van der Waals surface area contributed by atoms with Crippen LogP contribution in [-0.2, 0) is 7.05 Å². The van der Waals surface area contributed by atoms with Crippen molar-refractivity contribution in [1.82, 2.24) is 0 Å². The molecule has 0 radical (unpaired) electrons. The maximum Gasteiger partial charge on any atom is 0.217 e. The number of fused-ring (bicyclic) bond motifs is 6. The molecule has 2 nitrogen and oxygen atoms in total. The van der Waals surface area contributed by atoms with Gasteiger partial charge in [-0.15, -0.1) is 11.3 Å². The van der Waals surface area contributed by atoms with Gasteiger partial charge in [-0.3, -0.25) is 0 Å². The molecule has 29 heavy (non-hydrogen) atoms. The summed E-state index contributed by atoms with van der Waals surface area (Å²) in [4.78, 5) is 0. The Morgan fingerprint density at radius 3 is 2.52 bits per heavy atom. The average Bonchev–Trinajstić information content (AvgIpc) is 3.24. The van der Waals surface area contributed by atoms with E-state index in [1.165, 1.54) is 53.3 Å². The monoisotopic (exact) mass is 394 g/mol. The molecule has 0 saturated heterocycles. The molecule has 0 aliphatic heterocycles. The van der Waals surface area contributed by atoms with Crippen LogP contribution in [0.5, 0.6) is 0 Å². The maximum absolute atomic E-state index is 6.42. The number of aromatic nitrogens is 1. The molecule has 0 aliphatic rings. The van der Waals surface area contributed by atoms with Gasteiger partial charge in [-0.25, -0.2) is 4.57 Å². The van der Waals surface area contributed by atoms with Gasteiger partial charge < -0.3 is 4.42 Å². The van der Waals surface area contributed by atoms with Gasteiger partial charge in [0, 0.05) is 31.6 Å². The van der Waals surface area contributed by atoms with Crippen LogP contribution in [-0.4, -0.2) is 0 Å². The molecule has 6 aromatic rings. The van der Waals surface area contributed by atoms with Crippen LogP contribution in [0.4, 0.5) is 0 Å². The van der Waals surface area contributed by atoms with Crippen LogP contribution in [0.25, 0.3) is 53.4 Å². The van der Waals surface area contributed by atoms with E-state index < -0.39 is 0 Å². The van der Waals surface area contributed by atoms with Gasteiger partial charge in [0.1, 0.15) is 18.2 Å². The molecule has 0 N–H and O–H groups in total. The molecule has 6 rings (SSSR count). The van der Waals surface area contributed by atoms with Crippen LogP contribution in [0, 0.1) is 13.8 Å². The van der Waals surface area contributed by atoms with Gasteiger partial charge in [-0.1, -0.05) is 42.5 Å². The van der Waals surface area contributed by atoms with Gasteiger partial charge in [-0.2, -0.15) is 0 Å². The summed E-state index contributed by atoms with van der Waals surface area (Å²) in [6.45, 7) is 4.27. The SMILES string of the molecule is Cc1ccc2c(c1)oc1c(-c3cc4sc5ccccc5c4c[n+]3C)c(C)ccc12. The van der Waals surface area contributed by atoms with E-state index in [1.54, 1.807) is 0 Å². The minimum atomic E-state index is 0.956. The number of rotatable bonds is 1. The lowest BCUT2D eigenvalue weighted by Gasteiger charge is -2.06. The van der Waals surface area contributed by atoms with Gasteiger partial charge in [0.15, 0.2) is 6.20 Å². The Kier molecular flexibility index (Phi) is 3.42. The summed E-state index contributed by atoms with van der Waals surface area (Å²) in [6.07, 6.45) is 2.26. The second kappa shape index (κ2) is 5.91. The lowest BCUT2D eigenvalue weighted by Crippen LogP contribution is -2.30. The highest BCUT2D eigenvalue weighted by Gasteiger charge is 2.22. The third-order valence-corrected chi connectivity index (χ3v) is 7.03. The van der Waals surface area contributed by atoms with E-state index in [2.05, 4.69) is 92.3 Å². The molecule has 0 aliphatic carbocycles.